The Hall–Kier alpha value is -1.46. The van der Waals surface area contributed by atoms with Crippen molar-refractivity contribution in [2.24, 2.45) is 5.92 Å². The number of carbonyl (C=O) groups excluding carboxylic acids is 2. The highest BCUT2D eigenvalue weighted by Crippen LogP contribution is 2.34. The highest BCUT2D eigenvalue weighted by molar-refractivity contribution is 6.37. The number of hydrogen-bond acceptors (Lipinski definition) is 3. The third kappa shape index (κ3) is 3.95. The van der Waals surface area contributed by atoms with E-state index in [0.29, 0.717) is 36.2 Å². The number of amides is 2. The molecule has 7 heteroatoms. The summed E-state index contributed by atoms with van der Waals surface area (Å²) in [7, 11) is 1.46. The summed E-state index contributed by atoms with van der Waals surface area (Å²) >= 11 is 12.3. The van der Waals surface area contributed by atoms with Gasteiger partial charge in [0.15, 0.2) is 5.75 Å². The van der Waals surface area contributed by atoms with E-state index in [9.17, 15) is 9.59 Å². The van der Waals surface area contributed by atoms with Gasteiger partial charge in [0.2, 0.25) is 5.91 Å². The second kappa shape index (κ2) is 8.08. The van der Waals surface area contributed by atoms with Crippen molar-refractivity contribution in [1.29, 1.82) is 0 Å². The Kier molecular flexibility index (Phi) is 6.35. The maximum Gasteiger partial charge on any atom is 0.259 e. The lowest BCUT2D eigenvalue weighted by Gasteiger charge is -2.24. The number of benzene rings is 1. The molecule has 2 rings (SSSR count). The molecule has 0 spiro atoms. The molecule has 0 aromatic heterocycles. The number of ether oxygens (including phenoxy) is 1. The lowest BCUT2D eigenvalue weighted by molar-refractivity contribution is -0.134. The molecule has 1 aromatic carbocycles. The second-order valence-corrected chi connectivity index (χ2v) is 6.88. The third-order valence-electron chi connectivity index (χ3n) is 4.07. The molecular formula is C17H22Cl2N2O3. The van der Waals surface area contributed by atoms with E-state index in [1.54, 1.807) is 17.0 Å². The van der Waals surface area contributed by atoms with Crippen molar-refractivity contribution in [2.45, 2.75) is 20.3 Å². The summed E-state index contributed by atoms with van der Waals surface area (Å²) in [6.45, 7) is 5.96. The molecule has 0 radical (unpaired) electrons. The van der Waals surface area contributed by atoms with Crippen molar-refractivity contribution in [1.82, 2.24) is 9.80 Å². The first-order chi connectivity index (χ1) is 11.4. The van der Waals surface area contributed by atoms with Crippen LogP contribution in [-0.4, -0.2) is 54.9 Å². The van der Waals surface area contributed by atoms with Gasteiger partial charge in [-0.05, 0) is 18.6 Å². The molecule has 132 valence electrons. The van der Waals surface area contributed by atoms with E-state index in [2.05, 4.69) is 0 Å². The SMILES string of the molecule is COc1c(Cl)ccc(Cl)c1C(=O)N1CCCN(C(=O)C(C)C)CC1. The predicted molar refractivity (Wildman–Crippen MR) is 95.0 cm³/mol. The summed E-state index contributed by atoms with van der Waals surface area (Å²) < 4.78 is 5.26. The molecule has 5 nitrogen and oxygen atoms in total. The first-order valence-corrected chi connectivity index (χ1v) is 8.72. The second-order valence-electron chi connectivity index (χ2n) is 6.06. The zero-order valence-electron chi connectivity index (χ0n) is 14.1. The Balaban J connectivity index is 2.20. The van der Waals surface area contributed by atoms with Gasteiger partial charge in [0, 0.05) is 32.1 Å². The van der Waals surface area contributed by atoms with Gasteiger partial charge in [0.05, 0.1) is 17.2 Å². The van der Waals surface area contributed by atoms with E-state index in [0.717, 1.165) is 6.42 Å². The first-order valence-electron chi connectivity index (χ1n) is 7.96. The molecule has 0 unspecified atom stereocenters. The molecule has 1 saturated heterocycles. The lowest BCUT2D eigenvalue weighted by atomic mass is 10.1. The van der Waals surface area contributed by atoms with Gasteiger partial charge in [-0.1, -0.05) is 37.0 Å². The van der Waals surface area contributed by atoms with Gasteiger partial charge >= 0.3 is 0 Å². The fourth-order valence-corrected chi connectivity index (χ4v) is 3.26. The average molecular weight is 373 g/mol. The predicted octanol–water partition coefficient (Wildman–Crippen LogP) is 3.33. The van der Waals surface area contributed by atoms with E-state index in [4.69, 9.17) is 27.9 Å². The largest absolute Gasteiger partial charge is 0.494 e. The molecule has 0 aliphatic carbocycles. The molecule has 24 heavy (non-hydrogen) atoms. The number of rotatable bonds is 3. The molecule has 0 saturated carbocycles. The zero-order chi connectivity index (χ0) is 17.9. The first kappa shape index (κ1) is 18.9. The Labute approximate surface area is 152 Å². The van der Waals surface area contributed by atoms with Crippen molar-refractivity contribution in [3.63, 3.8) is 0 Å². The number of nitrogens with zero attached hydrogens (tertiary/aromatic N) is 2. The number of halogens is 2. The molecule has 1 aliphatic heterocycles. The van der Waals surface area contributed by atoms with Gasteiger partial charge in [0.1, 0.15) is 5.56 Å². The lowest BCUT2D eigenvalue weighted by Crippen LogP contribution is -2.39. The van der Waals surface area contributed by atoms with Gasteiger partial charge < -0.3 is 14.5 Å². The number of methoxy groups -OCH3 is 1. The number of carbonyl (C=O) groups is 2. The monoisotopic (exact) mass is 372 g/mol. The van der Waals surface area contributed by atoms with Crippen LogP contribution in [0.2, 0.25) is 10.0 Å². The van der Waals surface area contributed by atoms with Crippen LogP contribution in [0.4, 0.5) is 0 Å². The van der Waals surface area contributed by atoms with Gasteiger partial charge in [-0.2, -0.15) is 0 Å². The quantitative estimate of drug-likeness (QED) is 0.817. The minimum atomic E-state index is -0.224. The van der Waals surface area contributed by atoms with Gasteiger partial charge in [-0.25, -0.2) is 0 Å². The van der Waals surface area contributed by atoms with E-state index in [1.807, 2.05) is 18.7 Å². The Morgan fingerprint density at radius 3 is 2.25 bits per heavy atom. The third-order valence-corrected chi connectivity index (χ3v) is 4.68. The van der Waals surface area contributed by atoms with Crippen molar-refractivity contribution in [3.05, 3.63) is 27.7 Å². The minimum absolute atomic E-state index is 0.0466. The van der Waals surface area contributed by atoms with Crippen LogP contribution in [0.5, 0.6) is 5.75 Å². The maximum atomic E-state index is 12.9. The summed E-state index contributed by atoms with van der Waals surface area (Å²) in [6, 6.07) is 3.19. The summed E-state index contributed by atoms with van der Waals surface area (Å²) in [6.07, 6.45) is 0.727. The van der Waals surface area contributed by atoms with Crippen LogP contribution < -0.4 is 4.74 Å². The van der Waals surface area contributed by atoms with Gasteiger partial charge in [0.25, 0.3) is 5.91 Å². The minimum Gasteiger partial charge on any atom is -0.494 e. The van der Waals surface area contributed by atoms with Crippen molar-refractivity contribution in [3.8, 4) is 5.75 Å². The summed E-state index contributed by atoms with van der Waals surface area (Å²) in [5.41, 5.74) is 0.273. The van der Waals surface area contributed by atoms with Crippen molar-refractivity contribution < 1.29 is 14.3 Å². The highest BCUT2D eigenvalue weighted by Gasteiger charge is 2.27. The van der Waals surface area contributed by atoms with Gasteiger partial charge in [-0.3, -0.25) is 9.59 Å². The zero-order valence-corrected chi connectivity index (χ0v) is 15.7. The van der Waals surface area contributed by atoms with Crippen LogP contribution >= 0.6 is 23.2 Å². The smallest absolute Gasteiger partial charge is 0.259 e. The van der Waals surface area contributed by atoms with E-state index in [-0.39, 0.29) is 29.0 Å². The van der Waals surface area contributed by atoms with Crippen LogP contribution in [0.3, 0.4) is 0 Å². The molecule has 0 atom stereocenters. The Morgan fingerprint density at radius 1 is 1.04 bits per heavy atom. The fraction of sp³-hybridized carbons (Fsp3) is 0.529. The Morgan fingerprint density at radius 2 is 1.62 bits per heavy atom. The molecule has 0 N–H and O–H groups in total. The van der Waals surface area contributed by atoms with Crippen molar-refractivity contribution >= 4 is 35.0 Å². The fourth-order valence-electron chi connectivity index (χ4n) is 2.80. The topological polar surface area (TPSA) is 49.9 Å². The normalized spacial score (nSPS) is 15.4. The molecule has 1 heterocycles. The van der Waals surface area contributed by atoms with Crippen LogP contribution in [0, 0.1) is 5.92 Å². The summed E-state index contributed by atoms with van der Waals surface area (Å²) in [5, 5.41) is 0.650. The molecule has 1 aromatic rings. The van der Waals surface area contributed by atoms with Crippen LogP contribution in [0.1, 0.15) is 30.6 Å². The molecule has 0 bridgehead atoms. The van der Waals surface area contributed by atoms with E-state index >= 15 is 0 Å². The van der Waals surface area contributed by atoms with E-state index in [1.165, 1.54) is 7.11 Å². The summed E-state index contributed by atoms with van der Waals surface area (Å²) in [4.78, 5) is 28.6. The maximum absolute atomic E-state index is 12.9. The highest BCUT2D eigenvalue weighted by atomic mass is 35.5. The molecule has 2 amide bonds. The van der Waals surface area contributed by atoms with Gasteiger partial charge in [-0.15, -0.1) is 0 Å². The van der Waals surface area contributed by atoms with Crippen LogP contribution in [-0.2, 0) is 4.79 Å². The van der Waals surface area contributed by atoms with Crippen LogP contribution in [0.25, 0.3) is 0 Å². The van der Waals surface area contributed by atoms with Crippen LogP contribution in [0.15, 0.2) is 12.1 Å². The summed E-state index contributed by atoms with van der Waals surface area (Å²) in [5.74, 6) is 0.129. The van der Waals surface area contributed by atoms with E-state index < -0.39 is 0 Å². The molecule has 1 fully saturated rings. The molecule has 1 aliphatic rings. The van der Waals surface area contributed by atoms with Crippen molar-refractivity contribution in [2.75, 3.05) is 33.3 Å². The Bertz CT molecular complexity index is 635. The molecular weight excluding hydrogens is 351 g/mol. The number of hydrogen-bond donors (Lipinski definition) is 0. The standard InChI is InChI=1S/C17H22Cl2N2O3/c1-11(2)16(22)20-7-4-8-21(10-9-20)17(23)14-12(18)5-6-13(19)15(14)24-3/h5-6,11H,4,7-10H2,1-3H3. The average Bonchev–Trinajstić information content (AvgIpc) is 2.81.